The van der Waals surface area contributed by atoms with Gasteiger partial charge in [-0.25, -0.2) is 9.67 Å². The van der Waals surface area contributed by atoms with E-state index in [0.29, 0.717) is 5.69 Å². The van der Waals surface area contributed by atoms with Crippen LogP contribution >= 0.6 is 0 Å². The smallest absolute Gasteiger partial charge is 0.175 e. The van der Waals surface area contributed by atoms with Gasteiger partial charge in [0.15, 0.2) is 5.82 Å². The van der Waals surface area contributed by atoms with Crippen molar-refractivity contribution in [3.8, 4) is 5.82 Å². The Morgan fingerprint density at radius 3 is 2.38 bits per heavy atom. The lowest BCUT2D eigenvalue weighted by molar-refractivity contribution is 0.782. The van der Waals surface area contributed by atoms with E-state index in [2.05, 4.69) is 15.1 Å². The fourth-order valence-electron chi connectivity index (χ4n) is 1.59. The Hall–Kier alpha value is -1.91. The number of aryl methyl sites for hydroxylation is 3. The number of anilines is 1. The molecule has 0 spiro atoms. The van der Waals surface area contributed by atoms with Crippen LogP contribution in [0.15, 0.2) is 6.20 Å². The number of aromatic nitrogens is 4. The molecule has 0 radical (unpaired) electrons. The van der Waals surface area contributed by atoms with Gasteiger partial charge in [-0.1, -0.05) is 0 Å². The monoisotopic (exact) mass is 217 g/mol. The average molecular weight is 217 g/mol. The van der Waals surface area contributed by atoms with Crippen LogP contribution in [0.3, 0.4) is 0 Å². The summed E-state index contributed by atoms with van der Waals surface area (Å²) >= 11 is 0. The van der Waals surface area contributed by atoms with E-state index in [-0.39, 0.29) is 0 Å². The van der Waals surface area contributed by atoms with E-state index in [1.54, 1.807) is 10.9 Å². The molecule has 2 rings (SSSR count). The van der Waals surface area contributed by atoms with Gasteiger partial charge < -0.3 is 5.73 Å². The number of nitrogens with zero attached hydrogens (tertiary/aromatic N) is 4. The second-order valence-corrected chi connectivity index (χ2v) is 3.92. The van der Waals surface area contributed by atoms with Crippen molar-refractivity contribution in [2.24, 2.45) is 0 Å². The SMILES string of the molecule is Cc1cnc(C)c(-n2nc(C)c(N)c2C)n1. The lowest BCUT2D eigenvalue weighted by Gasteiger charge is -2.06. The van der Waals surface area contributed by atoms with Crippen molar-refractivity contribution in [3.63, 3.8) is 0 Å². The van der Waals surface area contributed by atoms with Crippen molar-refractivity contribution in [1.29, 1.82) is 0 Å². The minimum Gasteiger partial charge on any atom is -0.396 e. The second kappa shape index (κ2) is 3.59. The van der Waals surface area contributed by atoms with Crippen molar-refractivity contribution in [2.75, 3.05) is 5.73 Å². The minimum atomic E-state index is 0.711. The maximum absolute atomic E-state index is 5.90. The number of nitrogen functional groups attached to an aromatic ring is 1. The fraction of sp³-hybridized carbons (Fsp3) is 0.364. The lowest BCUT2D eigenvalue weighted by Crippen LogP contribution is -2.07. The van der Waals surface area contributed by atoms with Crippen molar-refractivity contribution in [1.82, 2.24) is 19.7 Å². The Morgan fingerprint density at radius 1 is 1.12 bits per heavy atom. The van der Waals surface area contributed by atoms with Crippen LogP contribution in [0.1, 0.15) is 22.8 Å². The first kappa shape index (κ1) is 10.6. The summed E-state index contributed by atoms with van der Waals surface area (Å²) in [5.74, 6) is 0.748. The summed E-state index contributed by atoms with van der Waals surface area (Å²) in [5, 5.41) is 4.37. The lowest BCUT2D eigenvalue weighted by atomic mass is 10.3. The Bertz CT molecular complexity index is 542. The van der Waals surface area contributed by atoms with E-state index >= 15 is 0 Å². The summed E-state index contributed by atoms with van der Waals surface area (Å²) in [4.78, 5) is 8.71. The molecule has 0 unspecified atom stereocenters. The van der Waals surface area contributed by atoms with E-state index in [1.165, 1.54) is 0 Å². The highest BCUT2D eigenvalue weighted by atomic mass is 15.3. The van der Waals surface area contributed by atoms with Crippen LogP contribution in [0.4, 0.5) is 5.69 Å². The Morgan fingerprint density at radius 2 is 1.81 bits per heavy atom. The molecule has 0 atom stereocenters. The van der Waals surface area contributed by atoms with Gasteiger partial charge in [-0.05, 0) is 27.7 Å². The molecule has 84 valence electrons. The molecule has 2 aromatic rings. The maximum Gasteiger partial charge on any atom is 0.175 e. The van der Waals surface area contributed by atoms with Crippen molar-refractivity contribution < 1.29 is 0 Å². The van der Waals surface area contributed by atoms with Crippen LogP contribution in [-0.4, -0.2) is 19.7 Å². The molecular weight excluding hydrogens is 202 g/mol. The molecule has 0 saturated heterocycles. The van der Waals surface area contributed by atoms with Gasteiger partial charge >= 0.3 is 0 Å². The van der Waals surface area contributed by atoms with Gasteiger partial charge in [-0.3, -0.25) is 4.98 Å². The first-order chi connectivity index (χ1) is 7.50. The van der Waals surface area contributed by atoms with Crippen molar-refractivity contribution in [2.45, 2.75) is 27.7 Å². The van der Waals surface area contributed by atoms with Gasteiger partial charge in [-0.2, -0.15) is 5.10 Å². The highest BCUT2D eigenvalue weighted by Crippen LogP contribution is 2.19. The maximum atomic E-state index is 5.90. The molecule has 0 amide bonds. The number of hydrogen-bond donors (Lipinski definition) is 1. The normalized spacial score (nSPS) is 10.8. The van der Waals surface area contributed by atoms with E-state index in [0.717, 1.165) is 28.6 Å². The average Bonchev–Trinajstić information content (AvgIpc) is 2.50. The predicted molar refractivity (Wildman–Crippen MR) is 62.5 cm³/mol. The summed E-state index contributed by atoms with van der Waals surface area (Å²) in [6.07, 6.45) is 1.74. The van der Waals surface area contributed by atoms with Gasteiger partial charge in [0.25, 0.3) is 0 Å². The third kappa shape index (κ3) is 1.54. The molecule has 0 bridgehead atoms. The summed E-state index contributed by atoms with van der Waals surface area (Å²) < 4.78 is 1.75. The van der Waals surface area contributed by atoms with E-state index in [1.807, 2.05) is 27.7 Å². The van der Waals surface area contributed by atoms with Crippen LogP contribution in [0, 0.1) is 27.7 Å². The molecule has 2 N–H and O–H groups in total. The summed E-state index contributed by atoms with van der Waals surface area (Å²) in [6.45, 7) is 7.63. The summed E-state index contributed by atoms with van der Waals surface area (Å²) in [6, 6.07) is 0. The van der Waals surface area contributed by atoms with E-state index in [4.69, 9.17) is 5.73 Å². The Kier molecular flexibility index (Phi) is 2.38. The Balaban J connectivity index is 2.67. The molecule has 2 aromatic heterocycles. The quantitative estimate of drug-likeness (QED) is 0.785. The predicted octanol–water partition coefficient (Wildman–Crippen LogP) is 1.48. The van der Waals surface area contributed by atoms with Crippen molar-refractivity contribution in [3.05, 3.63) is 29.0 Å². The first-order valence-corrected chi connectivity index (χ1v) is 5.13. The number of hydrogen-bond acceptors (Lipinski definition) is 4. The third-order valence-electron chi connectivity index (χ3n) is 2.60. The third-order valence-corrected chi connectivity index (χ3v) is 2.60. The standard InChI is InChI=1S/C11H15N5/c1-6-5-13-8(3)11(14-6)16-9(4)10(12)7(2)15-16/h5H,12H2,1-4H3. The van der Waals surface area contributed by atoms with Gasteiger partial charge in [0, 0.05) is 6.20 Å². The molecule has 0 saturated carbocycles. The molecule has 0 aliphatic heterocycles. The highest BCUT2D eigenvalue weighted by Gasteiger charge is 2.13. The van der Waals surface area contributed by atoms with Crippen LogP contribution in [0.5, 0.6) is 0 Å². The zero-order valence-electron chi connectivity index (χ0n) is 9.94. The zero-order valence-corrected chi connectivity index (χ0v) is 9.94. The molecule has 5 nitrogen and oxygen atoms in total. The van der Waals surface area contributed by atoms with E-state index < -0.39 is 0 Å². The topological polar surface area (TPSA) is 69.6 Å². The van der Waals surface area contributed by atoms with Crippen LogP contribution in [0.25, 0.3) is 5.82 Å². The zero-order chi connectivity index (χ0) is 11.9. The number of rotatable bonds is 1. The van der Waals surface area contributed by atoms with Crippen molar-refractivity contribution >= 4 is 5.69 Å². The molecule has 0 fully saturated rings. The van der Waals surface area contributed by atoms with Gasteiger partial charge in [0.05, 0.1) is 28.5 Å². The minimum absolute atomic E-state index is 0.711. The van der Waals surface area contributed by atoms with Crippen LogP contribution in [0.2, 0.25) is 0 Å². The molecule has 0 aliphatic rings. The first-order valence-electron chi connectivity index (χ1n) is 5.13. The molecule has 2 heterocycles. The highest BCUT2D eigenvalue weighted by molar-refractivity contribution is 5.50. The van der Waals surface area contributed by atoms with Crippen LogP contribution < -0.4 is 5.73 Å². The van der Waals surface area contributed by atoms with Crippen LogP contribution in [-0.2, 0) is 0 Å². The molecule has 5 heteroatoms. The Labute approximate surface area is 94.3 Å². The fourth-order valence-corrected chi connectivity index (χ4v) is 1.59. The molecule has 0 aliphatic carbocycles. The molecular formula is C11H15N5. The second-order valence-electron chi connectivity index (χ2n) is 3.92. The summed E-state index contributed by atoms with van der Waals surface area (Å²) in [7, 11) is 0. The van der Waals surface area contributed by atoms with Gasteiger partial charge in [0.2, 0.25) is 0 Å². The van der Waals surface area contributed by atoms with E-state index in [9.17, 15) is 0 Å². The van der Waals surface area contributed by atoms with Gasteiger partial charge in [0.1, 0.15) is 0 Å². The molecule has 0 aromatic carbocycles. The molecule has 16 heavy (non-hydrogen) atoms. The summed E-state index contributed by atoms with van der Waals surface area (Å²) in [5.41, 5.74) is 10.0. The largest absolute Gasteiger partial charge is 0.396 e. The number of nitrogens with two attached hydrogens (primary N) is 1. The van der Waals surface area contributed by atoms with Gasteiger partial charge in [-0.15, -0.1) is 0 Å².